The lowest BCUT2D eigenvalue weighted by molar-refractivity contribution is -0.138. The third kappa shape index (κ3) is 3.82. The van der Waals surface area contributed by atoms with Crippen molar-refractivity contribution in [2.24, 2.45) is 13.0 Å². The van der Waals surface area contributed by atoms with Crippen molar-refractivity contribution in [2.45, 2.75) is 51.1 Å². The Kier molecular flexibility index (Phi) is 5.33. The summed E-state index contributed by atoms with van der Waals surface area (Å²) in [4.78, 5) is 25.2. The molecule has 5 rings (SSSR count). The van der Waals surface area contributed by atoms with Gasteiger partial charge in [0.05, 0.1) is 11.9 Å². The number of halogens is 2. The maximum absolute atomic E-state index is 13.4. The van der Waals surface area contributed by atoms with Gasteiger partial charge in [-0.25, -0.2) is 13.8 Å². The molecule has 3 atom stereocenters. The quantitative estimate of drug-likeness (QED) is 0.821. The van der Waals surface area contributed by atoms with Crippen LogP contribution in [0.5, 0.6) is 0 Å². The molecule has 0 spiro atoms. The molecule has 3 unspecified atom stereocenters. The monoisotopic (exact) mass is 419 g/mol. The summed E-state index contributed by atoms with van der Waals surface area (Å²) in [6.07, 6.45) is 6.59. The number of amides is 1. The van der Waals surface area contributed by atoms with Crippen molar-refractivity contribution in [2.75, 3.05) is 23.3 Å². The van der Waals surface area contributed by atoms with E-state index in [-0.39, 0.29) is 24.4 Å². The van der Waals surface area contributed by atoms with Crippen LogP contribution in [0.15, 0.2) is 24.7 Å². The second-order valence-corrected chi connectivity index (χ2v) is 7.82. The third-order valence-electron chi connectivity index (χ3n) is 5.79. The number of anilines is 3. The maximum atomic E-state index is 13.4. The number of nitrogens with zero attached hydrogens (tertiary/aromatic N) is 6. The first-order chi connectivity index (χ1) is 14.4. The Morgan fingerprint density at radius 3 is 2.47 bits per heavy atom. The molecule has 1 aliphatic carbocycles. The van der Waals surface area contributed by atoms with Crippen LogP contribution >= 0.6 is 0 Å². The molecule has 4 heterocycles. The van der Waals surface area contributed by atoms with E-state index in [4.69, 9.17) is 0 Å². The van der Waals surface area contributed by atoms with Gasteiger partial charge >= 0.3 is 0 Å². The van der Waals surface area contributed by atoms with Crippen LogP contribution in [-0.4, -0.2) is 61.7 Å². The van der Waals surface area contributed by atoms with Crippen LogP contribution in [0.25, 0.3) is 0 Å². The normalized spacial score (nSPS) is 26.1. The van der Waals surface area contributed by atoms with Crippen molar-refractivity contribution in [1.82, 2.24) is 24.6 Å². The van der Waals surface area contributed by atoms with Crippen LogP contribution < -0.4 is 10.2 Å². The average molecular weight is 419 g/mol. The molecule has 2 bridgehead atoms. The summed E-state index contributed by atoms with van der Waals surface area (Å²) in [5.74, 6) is -3.07. The first kappa shape index (κ1) is 20.5. The zero-order valence-electron chi connectivity index (χ0n) is 17.4. The van der Waals surface area contributed by atoms with E-state index in [1.807, 2.05) is 33.2 Å². The minimum Gasteiger partial charge on any atom is -0.352 e. The summed E-state index contributed by atoms with van der Waals surface area (Å²) < 4.78 is 28.4. The zero-order chi connectivity index (χ0) is 21.5. The minimum atomic E-state index is -2.81. The van der Waals surface area contributed by atoms with Crippen LogP contribution in [0.4, 0.5) is 26.2 Å². The van der Waals surface area contributed by atoms with Gasteiger partial charge in [-0.1, -0.05) is 13.8 Å². The standard InChI is InChI=1S/C18H21F2N7O.C2H6/c1-25-8-11(7-22-25)23-17-21-5-4-15(24-17)26-9-12-2-3-13(10-26)27(12)16(28)14-6-18(14,19)20;1-2/h4-5,7-8,12-14H,2-3,6,9-10H2,1H3,(H,21,23,24);1-2H3. The van der Waals surface area contributed by atoms with Crippen LogP contribution in [0, 0.1) is 5.92 Å². The Balaban J connectivity index is 0.00000106. The number of nitrogens with one attached hydrogen (secondary N) is 1. The molecule has 8 nitrogen and oxygen atoms in total. The Hall–Kier alpha value is -2.78. The van der Waals surface area contributed by atoms with E-state index >= 15 is 0 Å². The second kappa shape index (κ2) is 7.81. The fraction of sp³-hybridized carbons (Fsp3) is 0.600. The van der Waals surface area contributed by atoms with Crippen molar-refractivity contribution in [3.05, 3.63) is 24.7 Å². The van der Waals surface area contributed by atoms with E-state index in [9.17, 15) is 13.6 Å². The van der Waals surface area contributed by atoms with Gasteiger partial charge in [-0.15, -0.1) is 0 Å². The summed E-state index contributed by atoms with van der Waals surface area (Å²) in [5.41, 5.74) is 0.792. The molecule has 2 aromatic rings. The highest BCUT2D eigenvalue weighted by Crippen LogP contribution is 2.51. The molecule has 2 saturated heterocycles. The molecule has 1 N–H and O–H groups in total. The van der Waals surface area contributed by atoms with Gasteiger partial charge in [0, 0.05) is 51.0 Å². The van der Waals surface area contributed by atoms with E-state index in [1.54, 1.807) is 22.0 Å². The van der Waals surface area contributed by atoms with Gasteiger partial charge in [0.1, 0.15) is 11.7 Å². The molecule has 1 saturated carbocycles. The summed E-state index contributed by atoms with van der Waals surface area (Å²) in [5, 5.41) is 7.23. The molecule has 0 radical (unpaired) electrons. The van der Waals surface area contributed by atoms with E-state index < -0.39 is 11.8 Å². The smallest absolute Gasteiger partial charge is 0.260 e. The van der Waals surface area contributed by atoms with Gasteiger partial charge in [-0.3, -0.25) is 9.48 Å². The number of hydrogen-bond acceptors (Lipinski definition) is 6. The Bertz CT molecular complexity index is 904. The predicted octanol–water partition coefficient (Wildman–Crippen LogP) is 2.81. The zero-order valence-corrected chi connectivity index (χ0v) is 17.4. The highest BCUT2D eigenvalue weighted by molar-refractivity contribution is 5.84. The lowest BCUT2D eigenvalue weighted by Gasteiger charge is -2.41. The van der Waals surface area contributed by atoms with Gasteiger partial charge in [0.2, 0.25) is 11.9 Å². The minimum absolute atomic E-state index is 0.0349. The number of rotatable bonds is 4. The van der Waals surface area contributed by atoms with E-state index in [1.165, 1.54) is 0 Å². The van der Waals surface area contributed by atoms with Crippen molar-refractivity contribution in [3.8, 4) is 0 Å². The number of carbonyl (C=O) groups excluding carboxylic acids is 1. The molecular weight excluding hydrogens is 392 g/mol. The van der Waals surface area contributed by atoms with Crippen LogP contribution in [0.3, 0.4) is 0 Å². The summed E-state index contributed by atoms with van der Waals surface area (Å²) >= 11 is 0. The fourth-order valence-corrected chi connectivity index (χ4v) is 4.31. The lowest BCUT2D eigenvalue weighted by Crippen LogP contribution is -2.56. The molecule has 10 heteroatoms. The Labute approximate surface area is 174 Å². The van der Waals surface area contributed by atoms with Gasteiger partial charge in [-0.05, 0) is 18.9 Å². The largest absolute Gasteiger partial charge is 0.352 e. The highest BCUT2D eigenvalue weighted by Gasteiger charge is 2.64. The van der Waals surface area contributed by atoms with Gasteiger partial charge in [-0.2, -0.15) is 10.1 Å². The van der Waals surface area contributed by atoms with E-state index in [2.05, 4.69) is 25.3 Å². The maximum Gasteiger partial charge on any atom is 0.260 e. The predicted molar refractivity (Wildman–Crippen MR) is 109 cm³/mol. The number of hydrogen-bond donors (Lipinski definition) is 1. The van der Waals surface area contributed by atoms with Crippen LogP contribution in [0.2, 0.25) is 0 Å². The molecule has 2 aliphatic heterocycles. The first-order valence-electron chi connectivity index (χ1n) is 10.4. The summed E-state index contributed by atoms with van der Waals surface area (Å²) in [6.45, 7) is 5.20. The molecular formula is C20H27F2N7O. The molecule has 0 aromatic carbocycles. The second-order valence-electron chi connectivity index (χ2n) is 7.82. The average Bonchev–Trinajstić information content (AvgIpc) is 3.04. The van der Waals surface area contributed by atoms with Crippen molar-refractivity contribution < 1.29 is 13.6 Å². The Morgan fingerprint density at radius 1 is 1.23 bits per heavy atom. The number of aryl methyl sites for hydroxylation is 1. The van der Waals surface area contributed by atoms with Crippen molar-refractivity contribution in [3.63, 3.8) is 0 Å². The molecule has 1 amide bonds. The van der Waals surface area contributed by atoms with Crippen molar-refractivity contribution >= 4 is 23.4 Å². The van der Waals surface area contributed by atoms with E-state index in [0.29, 0.717) is 19.0 Å². The third-order valence-corrected chi connectivity index (χ3v) is 5.79. The molecule has 162 valence electrons. The number of piperazine rings is 1. The van der Waals surface area contributed by atoms with Crippen molar-refractivity contribution in [1.29, 1.82) is 0 Å². The number of fused-ring (bicyclic) bond motifs is 2. The van der Waals surface area contributed by atoms with Gasteiger partial charge in [0.15, 0.2) is 0 Å². The first-order valence-corrected chi connectivity index (χ1v) is 10.4. The SMILES string of the molecule is CC.Cn1cc(Nc2nccc(N3CC4CCC(C3)N4C(=O)C3CC3(F)F)n2)cn1. The summed E-state index contributed by atoms with van der Waals surface area (Å²) in [7, 11) is 1.83. The van der Waals surface area contributed by atoms with Gasteiger partial charge in [0.25, 0.3) is 5.92 Å². The van der Waals surface area contributed by atoms with Crippen LogP contribution in [-0.2, 0) is 11.8 Å². The fourth-order valence-electron chi connectivity index (χ4n) is 4.31. The highest BCUT2D eigenvalue weighted by atomic mass is 19.3. The molecule has 3 fully saturated rings. The molecule has 2 aromatic heterocycles. The Morgan fingerprint density at radius 2 is 1.90 bits per heavy atom. The summed E-state index contributed by atoms with van der Waals surface area (Å²) in [6, 6.07) is 1.76. The van der Waals surface area contributed by atoms with Gasteiger partial charge < -0.3 is 15.1 Å². The lowest BCUT2D eigenvalue weighted by atomic mass is 10.1. The number of aromatic nitrogens is 4. The molecule has 3 aliphatic rings. The van der Waals surface area contributed by atoms with E-state index in [0.717, 1.165) is 24.3 Å². The van der Waals surface area contributed by atoms with Crippen LogP contribution in [0.1, 0.15) is 33.1 Å². The number of carbonyl (C=O) groups is 1. The molecule has 30 heavy (non-hydrogen) atoms. The topological polar surface area (TPSA) is 79.2 Å². The number of alkyl halides is 2.